The molecule has 3 aromatic rings. The van der Waals surface area contributed by atoms with Crippen LogP contribution in [0.3, 0.4) is 0 Å². The summed E-state index contributed by atoms with van der Waals surface area (Å²) in [6.07, 6.45) is 0.999. The zero-order valence-corrected chi connectivity index (χ0v) is 12.3. The molecule has 0 unspecified atom stereocenters. The average Bonchev–Trinajstić information content (AvgIpc) is 2.97. The van der Waals surface area contributed by atoms with E-state index in [0.717, 1.165) is 12.0 Å². The topological polar surface area (TPSA) is 64.9 Å². The number of nitrogen functional groups attached to an aromatic ring is 1. The number of rotatable bonds is 3. The molecule has 0 atom stereocenters. The Labute approximate surface area is 127 Å². The molecule has 0 amide bonds. The molecular formula is C16H14ClN3O. The minimum atomic E-state index is 0.384. The number of halogens is 1. The van der Waals surface area contributed by atoms with Crippen molar-refractivity contribution in [3.63, 3.8) is 0 Å². The van der Waals surface area contributed by atoms with Gasteiger partial charge in [-0.1, -0.05) is 47.9 Å². The standard InChI is InChI=1S/C16H14ClN3O/c1-2-10-3-5-11(6-4-10)15-19-16(21-20-15)13-8-7-12(18)9-14(13)17/h3-9H,2,18H2,1H3. The normalized spacial score (nSPS) is 10.8. The largest absolute Gasteiger partial charge is 0.399 e. The molecule has 2 aromatic carbocycles. The molecule has 3 rings (SSSR count). The second kappa shape index (κ2) is 5.58. The summed E-state index contributed by atoms with van der Waals surface area (Å²) < 4.78 is 5.30. The summed E-state index contributed by atoms with van der Waals surface area (Å²) >= 11 is 6.15. The van der Waals surface area contributed by atoms with Crippen LogP contribution in [0.5, 0.6) is 0 Å². The Bertz CT molecular complexity index is 765. The first kappa shape index (κ1) is 13.6. The van der Waals surface area contributed by atoms with Gasteiger partial charge in [0, 0.05) is 11.3 Å². The Hall–Kier alpha value is -2.33. The molecule has 0 aliphatic carbocycles. The van der Waals surface area contributed by atoms with Crippen LogP contribution in [0, 0.1) is 0 Å². The Morgan fingerprint density at radius 2 is 1.90 bits per heavy atom. The predicted octanol–water partition coefficient (Wildman–Crippen LogP) is 4.20. The molecule has 1 aromatic heterocycles. The van der Waals surface area contributed by atoms with Crippen molar-refractivity contribution in [2.45, 2.75) is 13.3 Å². The zero-order valence-electron chi connectivity index (χ0n) is 11.5. The van der Waals surface area contributed by atoms with E-state index in [9.17, 15) is 0 Å². The maximum Gasteiger partial charge on any atom is 0.259 e. The number of nitrogens with zero attached hydrogens (tertiary/aromatic N) is 2. The molecule has 0 saturated heterocycles. The van der Waals surface area contributed by atoms with Gasteiger partial charge >= 0.3 is 0 Å². The molecule has 0 aliphatic heterocycles. The van der Waals surface area contributed by atoms with Crippen LogP contribution < -0.4 is 5.73 Å². The lowest BCUT2D eigenvalue weighted by atomic mass is 10.1. The van der Waals surface area contributed by atoms with Gasteiger partial charge in [0.1, 0.15) is 0 Å². The Morgan fingerprint density at radius 1 is 1.14 bits per heavy atom. The van der Waals surface area contributed by atoms with E-state index in [1.165, 1.54) is 5.56 Å². The number of benzene rings is 2. The number of hydrogen-bond acceptors (Lipinski definition) is 4. The first-order chi connectivity index (χ1) is 10.2. The molecule has 0 fully saturated rings. The van der Waals surface area contributed by atoms with Gasteiger partial charge in [0.05, 0.1) is 10.6 Å². The highest BCUT2D eigenvalue weighted by Crippen LogP contribution is 2.29. The van der Waals surface area contributed by atoms with Crippen molar-refractivity contribution in [2.75, 3.05) is 5.73 Å². The number of aryl methyl sites for hydroxylation is 1. The summed E-state index contributed by atoms with van der Waals surface area (Å²) in [5, 5.41) is 4.50. The lowest BCUT2D eigenvalue weighted by Crippen LogP contribution is -1.86. The van der Waals surface area contributed by atoms with Crippen LogP contribution in [0.4, 0.5) is 5.69 Å². The van der Waals surface area contributed by atoms with E-state index in [2.05, 4.69) is 29.2 Å². The van der Waals surface area contributed by atoms with Gasteiger partial charge in [-0.25, -0.2) is 0 Å². The highest BCUT2D eigenvalue weighted by molar-refractivity contribution is 6.33. The molecule has 0 radical (unpaired) electrons. The molecule has 0 aliphatic rings. The van der Waals surface area contributed by atoms with Gasteiger partial charge < -0.3 is 10.3 Å². The van der Waals surface area contributed by atoms with Gasteiger partial charge in [-0.05, 0) is 30.2 Å². The van der Waals surface area contributed by atoms with Crippen LogP contribution in [0.25, 0.3) is 22.8 Å². The fourth-order valence-electron chi connectivity index (χ4n) is 2.04. The number of aromatic nitrogens is 2. The van der Waals surface area contributed by atoms with Gasteiger partial charge in [-0.15, -0.1) is 0 Å². The van der Waals surface area contributed by atoms with E-state index in [-0.39, 0.29) is 0 Å². The summed E-state index contributed by atoms with van der Waals surface area (Å²) in [6.45, 7) is 2.12. The lowest BCUT2D eigenvalue weighted by Gasteiger charge is -1.99. The number of anilines is 1. The quantitative estimate of drug-likeness (QED) is 0.736. The summed E-state index contributed by atoms with van der Waals surface area (Å²) in [6, 6.07) is 13.3. The lowest BCUT2D eigenvalue weighted by molar-refractivity contribution is 0.432. The van der Waals surface area contributed by atoms with Crippen LogP contribution in [-0.2, 0) is 6.42 Å². The molecule has 0 spiro atoms. The molecule has 0 bridgehead atoms. The zero-order chi connectivity index (χ0) is 14.8. The number of nitrogens with two attached hydrogens (primary N) is 1. The van der Waals surface area contributed by atoms with Crippen molar-refractivity contribution in [3.05, 3.63) is 53.1 Å². The SMILES string of the molecule is CCc1ccc(-c2noc(-c3ccc(N)cc3Cl)n2)cc1. The molecule has 1 heterocycles. The highest BCUT2D eigenvalue weighted by Gasteiger charge is 2.13. The molecule has 4 nitrogen and oxygen atoms in total. The average molecular weight is 300 g/mol. The van der Waals surface area contributed by atoms with Gasteiger partial charge in [-0.2, -0.15) is 4.98 Å². The Balaban J connectivity index is 1.95. The van der Waals surface area contributed by atoms with Crippen LogP contribution in [0.1, 0.15) is 12.5 Å². The minimum Gasteiger partial charge on any atom is -0.399 e. The van der Waals surface area contributed by atoms with E-state index >= 15 is 0 Å². The van der Waals surface area contributed by atoms with Gasteiger partial charge in [-0.3, -0.25) is 0 Å². The van der Waals surface area contributed by atoms with E-state index in [1.54, 1.807) is 18.2 Å². The molecule has 5 heteroatoms. The van der Waals surface area contributed by atoms with Crippen LogP contribution in [0.15, 0.2) is 47.0 Å². The first-order valence-electron chi connectivity index (χ1n) is 6.66. The van der Waals surface area contributed by atoms with Crippen LogP contribution in [0.2, 0.25) is 5.02 Å². The first-order valence-corrected chi connectivity index (χ1v) is 7.03. The summed E-state index contributed by atoms with van der Waals surface area (Å²) in [7, 11) is 0. The number of hydrogen-bond donors (Lipinski definition) is 1. The molecular weight excluding hydrogens is 286 g/mol. The third-order valence-corrected chi connectivity index (χ3v) is 3.58. The molecule has 21 heavy (non-hydrogen) atoms. The fourth-order valence-corrected chi connectivity index (χ4v) is 2.31. The van der Waals surface area contributed by atoms with Crippen LogP contribution >= 0.6 is 11.6 Å². The molecule has 0 saturated carbocycles. The van der Waals surface area contributed by atoms with Crippen molar-refractivity contribution in [1.29, 1.82) is 0 Å². The predicted molar refractivity (Wildman–Crippen MR) is 84.0 cm³/mol. The fraction of sp³-hybridized carbons (Fsp3) is 0.125. The summed E-state index contributed by atoms with van der Waals surface area (Å²) in [5.74, 6) is 0.926. The summed E-state index contributed by atoms with van der Waals surface area (Å²) in [5.41, 5.74) is 9.13. The monoisotopic (exact) mass is 299 g/mol. The van der Waals surface area contributed by atoms with Crippen molar-refractivity contribution >= 4 is 17.3 Å². The van der Waals surface area contributed by atoms with Crippen molar-refractivity contribution in [1.82, 2.24) is 10.1 Å². The highest BCUT2D eigenvalue weighted by atomic mass is 35.5. The van der Waals surface area contributed by atoms with Gasteiger partial charge in [0.25, 0.3) is 5.89 Å². The van der Waals surface area contributed by atoms with Crippen molar-refractivity contribution < 1.29 is 4.52 Å². The smallest absolute Gasteiger partial charge is 0.259 e. The third kappa shape index (κ3) is 2.76. The van der Waals surface area contributed by atoms with Gasteiger partial charge in [0.15, 0.2) is 0 Å². The Morgan fingerprint density at radius 3 is 2.57 bits per heavy atom. The second-order valence-electron chi connectivity index (χ2n) is 4.71. The van der Waals surface area contributed by atoms with E-state index in [0.29, 0.717) is 28.0 Å². The third-order valence-electron chi connectivity index (χ3n) is 3.27. The molecule has 2 N–H and O–H groups in total. The summed E-state index contributed by atoms with van der Waals surface area (Å²) in [4.78, 5) is 4.39. The van der Waals surface area contributed by atoms with E-state index in [4.69, 9.17) is 21.9 Å². The minimum absolute atomic E-state index is 0.384. The van der Waals surface area contributed by atoms with Crippen molar-refractivity contribution in [2.24, 2.45) is 0 Å². The Kier molecular flexibility index (Phi) is 3.62. The maximum absolute atomic E-state index is 6.15. The van der Waals surface area contributed by atoms with E-state index in [1.807, 2.05) is 12.1 Å². The van der Waals surface area contributed by atoms with Crippen molar-refractivity contribution in [3.8, 4) is 22.8 Å². The second-order valence-corrected chi connectivity index (χ2v) is 5.12. The van der Waals surface area contributed by atoms with Gasteiger partial charge in [0.2, 0.25) is 5.82 Å². The van der Waals surface area contributed by atoms with E-state index < -0.39 is 0 Å². The van der Waals surface area contributed by atoms with Crippen LogP contribution in [-0.4, -0.2) is 10.1 Å². The molecule has 106 valence electrons. The maximum atomic E-state index is 6.15.